The highest BCUT2D eigenvalue weighted by atomic mass is 16.5. The normalized spacial score (nSPS) is 17.9. The van der Waals surface area contributed by atoms with Crippen LogP contribution in [0.4, 0.5) is 0 Å². The lowest BCUT2D eigenvalue weighted by molar-refractivity contribution is 0.231. The lowest BCUT2D eigenvalue weighted by atomic mass is 10.1. The lowest BCUT2D eigenvalue weighted by Gasteiger charge is -2.27. The molecule has 1 fully saturated rings. The van der Waals surface area contributed by atoms with Crippen LogP contribution in [0.1, 0.15) is 51.1 Å². The largest absolute Gasteiger partial charge is 0.491 e. The molecule has 2 rings (SSSR count). The summed E-state index contributed by atoms with van der Waals surface area (Å²) in [6.45, 7) is 5.00. The molecule has 1 aliphatic rings. The van der Waals surface area contributed by atoms with Gasteiger partial charge < -0.3 is 15.4 Å². The van der Waals surface area contributed by atoms with Crippen molar-refractivity contribution in [2.75, 3.05) is 13.6 Å². The second-order valence-corrected chi connectivity index (χ2v) is 6.22. The predicted molar refractivity (Wildman–Crippen MR) is 84.0 cm³/mol. The Bertz CT molecular complexity index is 396. The molecule has 1 unspecified atom stereocenters. The van der Waals surface area contributed by atoms with Gasteiger partial charge in [-0.1, -0.05) is 25.0 Å². The second-order valence-electron chi connectivity index (χ2n) is 6.22. The van der Waals surface area contributed by atoms with Crippen LogP contribution in [0.2, 0.25) is 0 Å². The summed E-state index contributed by atoms with van der Waals surface area (Å²) in [5.74, 6) is 0.917. The second kappa shape index (κ2) is 7.09. The fraction of sp³-hybridized carbons (Fsp3) is 0.647. The van der Waals surface area contributed by atoms with Crippen molar-refractivity contribution >= 4 is 0 Å². The minimum absolute atomic E-state index is 0.0775. The Labute approximate surface area is 123 Å². The van der Waals surface area contributed by atoms with Crippen molar-refractivity contribution < 1.29 is 4.74 Å². The fourth-order valence-corrected chi connectivity index (χ4v) is 2.98. The number of ether oxygens (including phenoxy) is 1. The first-order valence-corrected chi connectivity index (χ1v) is 7.78. The Hall–Kier alpha value is -1.06. The van der Waals surface area contributed by atoms with Gasteiger partial charge in [0.15, 0.2) is 0 Å². The summed E-state index contributed by atoms with van der Waals surface area (Å²) in [7, 11) is 2.20. The lowest BCUT2D eigenvalue weighted by Crippen LogP contribution is -2.35. The van der Waals surface area contributed by atoms with Crippen LogP contribution < -0.4 is 10.5 Å². The minimum atomic E-state index is 0.0775. The van der Waals surface area contributed by atoms with E-state index in [1.807, 2.05) is 26.0 Å². The van der Waals surface area contributed by atoms with Gasteiger partial charge in [0, 0.05) is 18.6 Å². The van der Waals surface area contributed by atoms with E-state index < -0.39 is 0 Å². The molecular formula is C17H28N2O. The average Bonchev–Trinajstić information content (AvgIpc) is 2.92. The molecule has 0 bridgehead atoms. The van der Waals surface area contributed by atoms with E-state index in [0.717, 1.165) is 18.3 Å². The molecular weight excluding hydrogens is 248 g/mol. The summed E-state index contributed by atoms with van der Waals surface area (Å²) in [6, 6.07) is 9.02. The Balaban J connectivity index is 1.89. The molecule has 0 spiro atoms. The molecule has 0 heterocycles. The topological polar surface area (TPSA) is 38.5 Å². The zero-order chi connectivity index (χ0) is 14.5. The van der Waals surface area contributed by atoms with Crippen molar-refractivity contribution in [3.8, 4) is 5.75 Å². The predicted octanol–water partition coefficient (Wildman–Crippen LogP) is 3.35. The Morgan fingerprint density at radius 1 is 1.20 bits per heavy atom. The third-order valence-corrected chi connectivity index (χ3v) is 4.11. The molecule has 1 atom stereocenters. The summed E-state index contributed by atoms with van der Waals surface area (Å²) in [6.07, 6.45) is 5.59. The maximum absolute atomic E-state index is 6.33. The van der Waals surface area contributed by atoms with E-state index in [1.54, 1.807) is 0 Å². The Morgan fingerprint density at radius 2 is 1.80 bits per heavy atom. The monoisotopic (exact) mass is 276 g/mol. The molecule has 0 amide bonds. The van der Waals surface area contributed by atoms with Gasteiger partial charge in [-0.25, -0.2) is 0 Å². The molecule has 20 heavy (non-hydrogen) atoms. The quantitative estimate of drug-likeness (QED) is 0.866. The molecule has 1 aromatic rings. The maximum Gasteiger partial charge on any atom is 0.119 e. The fourth-order valence-electron chi connectivity index (χ4n) is 2.98. The number of benzene rings is 1. The van der Waals surface area contributed by atoms with Crippen LogP contribution in [0.5, 0.6) is 5.75 Å². The van der Waals surface area contributed by atoms with Gasteiger partial charge in [-0.15, -0.1) is 0 Å². The minimum Gasteiger partial charge on any atom is -0.491 e. The maximum atomic E-state index is 6.33. The first-order valence-electron chi connectivity index (χ1n) is 7.78. The third-order valence-electron chi connectivity index (χ3n) is 4.11. The number of hydrogen-bond acceptors (Lipinski definition) is 3. The van der Waals surface area contributed by atoms with Crippen LogP contribution >= 0.6 is 0 Å². The van der Waals surface area contributed by atoms with Gasteiger partial charge in [0.05, 0.1) is 6.10 Å². The summed E-state index contributed by atoms with van der Waals surface area (Å²) in [5, 5.41) is 0. The molecule has 112 valence electrons. The molecule has 2 N–H and O–H groups in total. The van der Waals surface area contributed by atoms with Crippen molar-refractivity contribution in [3.63, 3.8) is 0 Å². The standard InChI is InChI=1S/C17H28N2O/c1-13(2)20-16-10-8-14(9-11-16)17(18)12-19(3)15-6-4-5-7-15/h8-11,13,15,17H,4-7,12,18H2,1-3H3. The SMILES string of the molecule is CC(C)Oc1ccc(C(N)CN(C)C2CCCC2)cc1. The average molecular weight is 276 g/mol. The molecule has 0 radical (unpaired) electrons. The van der Waals surface area contributed by atoms with Gasteiger partial charge in [0.1, 0.15) is 5.75 Å². The van der Waals surface area contributed by atoms with Gasteiger partial charge in [0.25, 0.3) is 0 Å². The number of hydrogen-bond donors (Lipinski definition) is 1. The highest BCUT2D eigenvalue weighted by Crippen LogP contribution is 2.24. The van der Waals surface area contributed by atoms with Gasteiger partial charge in [0.2, 0.25) is 0 Å². The first-order chi connectivity index (χ1) is 9.56. The molecule has 0 saturated heterocycles. The van der Waals surface area contributed by atoms with Crippen LogP contribution in [0.25, 0.3) is 0 Å². The third kappa shape index (κ3) is 4.22. The van der Waals surface area contributed by atoms with Gasteiger partial charge in [-0.05, 0) is 51.4 Å². The van der Waals surface area contributed by atoms with Gasteiger partial charge in [-0.2, -0.15) is 0 Å². The number of nitrogens with zero attached hydrogens (tertiary/aromatic N) is 1. The summed E-state index contributed by atoms with van der Waals surface area (Å²) < 4.78 is 5.66. The van der Waals surface area contributed by atoms with Crippen LogP contribution in [0, 0.1) is 0 Å². The number of rotatable bonds is 6. The van der Waals surface area contributed by atoms with E-state index in [0.29, 0.717) is 0 Å². The van der Waals surface area contributed by atoms with Crippen LogP contribution in [0.15, 0.2) is 24.3 Å². The van der Waals surface area contributed by atoms with Crippen molar-refractivity contribution in [1.82, 2.24) is 4.90 Å². The summed E-state index contributed by atoms with van der Waals surface area (Å²) in [4.78, 5) is 2.43. The van der Waals surface area contributed by atoms with Crippen LogP contribution in [0.3, 0.4) is 0 Å². The number of nitrogens with two attached hydrogens (primary N) is 1. The molecule has 0 aromatic heterocycles. The van der Waals surface area contributed by atoms with E-state index in [2.05, 4.69) is 24.1 Å². The Kier molecular flexibility index (Phi) is 5.44. The van der Waals surface area contributed by atoms with E-state index in [4.69, 9.17) is 10.5 Å². The van der Waals surface area contributed by atoms with Crippen molar-refractivity contribution in [1.29, 1.82) is 0 Å². The summed E-state index contributed by atoms with van der Waals surface area (Å²) in [5.41, 5.74) is 7.52. The van der Waals surface area contributed by atoms with Gasteiger partial charge in [-0.3, -0.25) is 0 Å². The van der Waals surface area contributed by atoms with Crippen LogP contribution in [-0.2, 0) is 0 Å². The van der Waals surface area contributed by atoms with E-state index >= 15 is 0 Å². The van der Waals surface area contributed by atoms with Crippen molar-refractivity contribution in [2.24, 2.45) is 5.73 Å². The van der Waals surface area contributed by atoms with E-state index in [-0.39, 0.29) is 12.1 Å². The smallest absolute Gasteiger partial charge is 0.119 e. The number of likely N-dealkylation sites (N-methyl/N-ethyl adjacent to an activating group) is 1. The Morgan fingerprint density at radius 3 is 2.35 bits per heavy atom. The first kappa shape index (κ1) is 15.3. The van der Waals surface area contributed by atoms with Gasteiger partial charge >= 0.3 is 0 Å². The molecule has 0 aliphatic heterocycles. The molecule has 1 saturated carbocycles. The highest BCUT2D eigenvalue weighted by molar-refractivity contribution is 5.29. The van der Waals surface area contributed by atoms with Crippen molar-refractivity contribution in [3.05, 3.63) is 29.8 Å². The zero-order valence-electron chi connectivity index (χ0n) is 13.0. The molecule has 1 aromatic carbocycles. The van der Waals surface area contributed by atoms with E-state index in [1.165, 1.54) is 31.2 Å². The summed E-state index contributed by atoms with van der Waals surface area (Å²) >= 11 is 0. The van der Waals surface area contributed by atoms with Crippen LogP contribution in [-0.4, -0.2) is 30.6 Å². The molecule has 1 aliphatic carbocycles. The zero-order valence-corrected chi connectivity index (χ0v) is 13.0. The molecule has 3 nitrogen and oxygen atoms in total. The molecule has 3 heteroatoms. The van der Waals surface area contributed by atoms with E-state index in [9.17, 15) is 0 Å². The highest BCUT2D eigenvalue weighted by Gasteiger charge is 2.21. The van der Waals surface area contributed by atoms with Crippen molar-refractivity contribution in [2.45, 2.75) is 57.7 Å².